The summed E-state index contributed by atoms with van der Waals surface area (Å²) in [6.07, 6.45) is 2.20. The number of rotatable bonds is 8. The van der Waals surface area contributed by atoms with Crippen LogP contribution in [0.4, 0.5) is 5.82 Å². The van der Waals surface area contributed by atoms with Gasteiger partial charge in [0, 0.05) is 44.9 Å². The minimum atomic E-state index is -0.0394. The van der Waals surface area contributed by atoms with Crippen molar-refractivity contribution in [3.8, 4) is 11.3 Å². The highest BCUT2D eigenvalue weighted by molar-refractivity contribution is 5.86. The Labute approximate surface area is 217 Å². The van der Waals surface area contributed by atoms with Crippen LogP contribution in [-0.4, -0.2) is 83.8 Å². The first-order chi connectivity index (χ1) is 18.2. The standard InChI is InChI=1S/C29H33N5O3/c35-28(20-23-8-3-1-4-9-23)34(21-25-12-7-19-37-25)22-29(36)33-17-15-32(16-18-33)27-14-13-26(30-31-27)24-10-5-2-6-11-24/h1-6,8-11,13-14,25H,7,12,15-22H2. The Kier molecular flexibility index (Phi) is 8.05. The number of carbonyl (C=O) groups is 2. The molecule has 37 heavy (non-hydrogen) atoms. The highest BCUT2D eigenvalue weighted by Gasteiger charge is 2.28. The molecule has 0 N–H and O–H groups in total. The number of aromatic nitrogens is 2. The average Bonchev–Trinajstić information content (AvgIpc) is 3.47. The van der Waals surface area contributed by atoms with Gasteiger partial charge in [-0.25, -0.2) is 0 Å². The van der Waals surface area contributed by atoms with Crippen molar-refractivity contribution in [2.24, 2.45) is 0 Å². The molecule has 2 saturated heterocycles. The Morgan fingerprint density at radius 1 is 0.892 bits per heavy atom. The van der Waals surface area contributed by atoms with Gasteiger partial charge in [-0.15, -0.1) is 10.2 Å². The summed E-state index contributed by atoms with van der Waals surface area (Å²) < 4.78 is 5.77. The second kappa shape index (κ2) is 12.0. The van der Waals surface area contributed by atoms with Crippen molar-refractivity contribution in [2.45, 2.75) is 25.4 Å². The molecule has 0 spiro atoms. The molecule has 3 aromatic rings. The van der Waals surface area contributed by atoms with E-state index in [1.54, 1.807) is 4.90 Å². The lowest BCUT2D eigenvalue weighted by Gasteiger charge is -2.36. The molecule has 2 amide bonds. The summed E-state index contributed by atoms with van der Waals surface area (Å²) in [4.78, 5) is 32.1. The Morgan fingerprint density at radius 2 is 1.62 bits per heavy atom. The Morgan fingerprint density at radius 3 is 2.27 bits per heavy atom. The number of nitrogens with zero attached hydrogens (tertiary/aromatic N) is 5. The Bertz CT molecular complexity index is 1160. The second-order valence-corrected chi connectivity index (χ2v) is 9.58. The molecule has 192 valence electrons. The zero-order chi connectivity index (χ0) is 25.5. The smallest absolute Gasteiger partial charge is 0.242 e. The molecule has 5 rings (SSSR count). The van der Waals surface area contributed by atoms with Crippen LogP contribution in [0, 0.1) is 0 Å². The molecule has 1 atom stereocenters. The van der Waals surface area contributed by atoms with E-state index in [1.165, 1.54) is 0 Å². The summed E-state index contributed by atoms with van der Waals surface area (Å²) in [5.74, 6) is 0.747. The molecule has 8 nitrogen and oxygen atoms in total. The average molecular weight is 500 g/mol. The fourth-order valence-electron chi connectivity index (χ4n) is 4.88. The van der Waals surface area contributed by atoms with Crippen LogP contribution in [-0.2, 0) is 20.7 Å². The first-order valence-corrected chi connectivity index (χ1v) is 13.0. The third-order valence-electron chi connectivity index (χ3n) is 7.00. The van der Waals surface area contributed by atoms with Crippen LogP contribution >= 0.6 is 0 Å². The van der Waals surface area contributed by atoms with Crippen LogP contribution in [0.25, 0.3) is 11.3 Å². The van der Waals surface area contributed by atoms with Gasteiger partial charge in [-0.05, 0) is 30.5 Å². The molecule has 0 bridgehead atoms. The summed E-state index contributed by atoms with van der Waals surface area (Å²) in [6, 6.07) is 23.6. The van der Waals surface area contributed by atoms with Gasteiger partial charge >= 0.3 is 0 Å². The fraction of sp³-hybridized carbons (Fsp3) is 0.379. The highest BCUT2D eigenvalue weighted by Crippen LogP contribution is 2.20. The van der Waals surface area contributed by atoms with E-state index in [2.05, 4.69) is 15.1 Å². The monoisotopic (exact) mass is 499 g/mol. The molecule has 2 aliphatic rings. The van der Waals surface area contributed by atoms with E-state index in [4.69, 9.17) is 4.74 Å². The normalized spacial score (nSPS) is 17.6. The number of ether oxygens (including phenoxy) is 1. The minimum absolute atomic E-state index is 0.00167. The molecule has 0 aliphatic carbocycles. The van der Waals surface area contributed by atoms with Crippen molar-refractivity contribution in [1.82, 2.24) is 20.0 Å². The van der Waals surface area contributed by atoms with Crippen LogP contribution in [0.2, 0.25) is 0 Å². The number of hydrogen-bond donors (Lipinski definition) is 0. The summed E-state index contributed by atoms with van der Waals surface area (Å²) >= 11 is 0. The lowest BCUT2D eigenvalue weighted by Crippen LogP contribution is -2.53. The number of carbonyl (C=O) groups excluding carboxylic acids is 2. The van der Waals surface area contributed by atoms with Gasteiger partial charge in [-0.2, -0.15) is 0 Å². The summed E-state index contributed by atoms with van der Waals surface area (Å²) in [6.45, 7) is 3.78. The third-order valence-corrected chi connectivity index (χ3v) is 7.00. The van der Waals surface area contributed by atoms with Gasteiger partial charge < -0.3 is 19.4 Å². The van der Waals surface area contributed by atoms with E-state index in [9.17, 15) is 9.59 Å². The van der Waals surface area contributed by atoms with E-state index in [0.29, 0.717) is 32.7 Å². The van der Waals surface area contributed by atoms with Crippen LogP contribution in [0.5, 0.6) is 0 Å². The molecule has 3 heterocycles. The van der Waals surface area contributed by atoms with Crippen molar-refractivity contribution in [3.63, 3.8) is 0 Å². The zero-order valence-corrected chi connectivity index (χ0v) is 21.0. The first kappa shape index (κ1) is 24.9. The minimum Gasteiger partial charge on any atom is -0.376 e. The molecular formula is C29H33N5O3. The molecule has 0 saturated carbocycles. The fourth-order valence-corrected chi connectivity index (χ4v) is 4.88. The van der Waals surface area contributed by atoms with Gasteiger partial charge in [-0.3, -0.25) is 9.59 Å². The molecule has 2 aromatic carbocycles. The number of anilines is 1. The van der Waals surface area contributed by atoms with E-state index >= 15 is 0 Å². The van der Waals surface area contributed by atoms with Crippen molar-refractivity contribution >= 4 is 17.6 Å². The lowest BCUT2D eigenvalue weighted by molar-refractivity contribution is -0.141. The van der Waals surface area contributed by atoms with Crippen LogP contribution in [0.15, 0.2) is 72.8 Å². The maximum Gasteiger partial charge on any atom is 0.242 e. The molecule has 1 aromatic heterocycles. The van der Waals surface area contributed by atoms with E-state index in [0.717, 1.165) is 42.1 Å². The van der Waals surface area contributed by atoms with Gasteiger partial charge in [0.15, 0.2) is 5.82 Å². The number of piperazine rings is 1. The van der Waals surface area contributed by atoms with Gasteiger partial charge in [0.2, 0.25) is 11.8 Å². The van der Waals surface area contributed by atoms with Crippen molar-refractivity contribution < 1.29 is 14.3 Å². The summed E-state index contributed by atoms with van der Waals surface area (Å²) in [7, 11) is 0. The zero-order valence-electron chi connectivity index (χ0n) is 21.0. The van der Waals surface area contributed by atoms with Gasteiger partial charge in [0.1, 0.15) is 0 Å². The van der Waals surface area contributed by atoms with E-state index in [1.807, 2.05) is 77.7 Å². The van der Waals surface area contributed by atoms with Gasteiger partial charge in [-0.1, -0.05) is 60.7 Å². The maximum atomic E-state index is 13.2. The van der Waals surface area contributed by atoms with Gasteiger partial charge in [0.25, 0.3) is 0 Å². The quantitative estimate of drug-likeness (QED) is 0.474. The maximum absolute atomic E-state index is 13.2. The molecule has 2 aliphatic heterocycles. The lowest BCUT2D eigenvalue weighted by atomic mass is 10.1. The predicted molar refractivity (Wildman–Crippen MR) is 142 cm³/mol. The third kappa shape index (κ3) is 6.51. The summed E-state index contributed by atoms with van der Waals surface area (Å²) in [5.41, 5.74) is 2.82. The molecular weight excluding hydrogens is 466 g/mol. The summed E-state index contributed by atoms with van der Waals surface area (Å²) in [5, 5.41) is 8.82. The molecule has 2 fully saturated rings. The largest absolute Gasteiger partial charge is 0.376 e. The number of hydrogen-bond acceptors (Lipinski definition) is 6. The highest BCUT2D eigenvalue weighted by atomic mass is 16.5. The predicted octanol–water partition coefficient (Wildman–Crippen LogP) is 3.04. The molecule has 0 radical (unpaired) electrons. The topological polar surface area (TPSA) is 78.9 Å². The van der Waals surface area contributed by atoms with Crippen LogP contribution in [0.1, 0.15) is 18.4 Å². The van der Waals surface area contributed by atoms with Crippen LogP contribution in [0.3, 0.4) is 0 Å². The van der Waals surface area contributed by atoms with Crippen molar-refractivity contribution in [3.05, 3.63) is 78.4 Å². The van der Waals surface area contributed by atoms with Crippen molar-refractivity contribution in [2.75, 3.05) is 50.8 Å². The molecule has 8 heteroatoms. The van der Waals surface area contributed by atoms with Crippen molar-refractivity contribution in [1.29, 1.82) is 0 Å². The SMILES string of the molecule is O=C(CN(CC1CCCO1)C(=O)Cc1ccccc1)N1CCN(c2ccc(-c3ccccc3)nn2)CC1. The van der Waals surface area contributed by atoms with Gasteiger partial charge in [0.05, 0.1) is 24.8 Å². The first-order valence-electron chi connectivity index (χ1n) is 13.0. The Hall–Kier alpha value is -3.78. The molecule has 1 unspecified atom stereocenters. The number of amides is 2. The van der Waals surface area contributed by atoms with E-state index < -0.39 is 0 Å². The van der Waals surface area contributed by atoms with E-state index in [-0.39, 0.29) is 30.9 Å². The second-order valence-electron chi connectivity index (χ2n) is 9.58. The number of benzene rings is 2. The van der Waals surface area contributed by atoms with Crippen LogP contribution < -0.4 is 4.90 Å². The Balaban J connectivity index is 1.17.